The first-order valence-corrected chi connectivity index (χ1v) is 8.42. The molecule has 106 valence electrons. The number of hydrogen-bond acceptors (Lipinski definition) is 1. The number of halogens is 1. The first-order valence-electron chi connectivity index (χ1n) is 7.51. The molecule has 2 heteroatoms. The molecule has 0 aliphatic heterocycles. The third kappa shape index (κ3) is 3.98. The first-order chi connectivity index (χ1) is 9.22. The van der Waals surface area contributed by atoms with Crippen molar-refractivity contribution < 1.29 is 4.74 Å². The molecule has 19 heavy (non-hydrogen) atoms. The van der Waals surface area contributed by atoms with Crippen LogP contribution in [-0.4, -0.2) is 7.11 Å². The van der Waals surface area contributed by atoms with Crippen LogP contribution in [-0.2, 0) is 0 Å². The Bertz CT molecular complexity index is 394. The van der Waals surface area contributed by atoms with E-state index in [1.54, 1.807) is 7.11 Å². The largest absolute Gasteiger partial charge is 0.496 e. The van der Waals surface area contributed by atoms with Gasteiger partial charge in [-0.15, -0.1) is 0 Å². The molecule has 0 spiro atoms. The van der Waals surface area contributed by atoms with Crippen LogP contribution in [0, 0.1) is 12.8 Å². The lowest BCUT2D eigenvalue weighted by atomic mass is 9.86. The summed E-state index contributed by atoms with van der Waals surface area (Å²) in [5, 5.41) is 0. The van der Waals surface area contributed by atoms with Gasteiger partial charge in [-0.05, 0) is 42.9 Å². The molecule has 1 aliphatic rings. The minimum Gasteiger partial charge on any atom is -0.496 e. The van der Waals surface area contributed by atoms with Gasteiger partial charge in [0, 0.05) is 4.83 Å². The Hall–Kier alpha value is -0.500. The normalized spacial score (nSPS) is 19.5. The summed E-state index contributed by atoms with van der Waals surface area (Å²) in [6, 6.07) is 6.59. The number of ether oxygens (including phenoxy) is 1. The van der Waals surface area contributed by atoms with E-state index < -0.39 is 0 Å². The molecule has 1 atom stereocenters. The second kappa shape index (κ2) is 7.33. The van der Waals surface area contributed by atoms with Gasteiger partial charge in [-0.3, -0.25) is 0 Å². The number of benzene rings is 1. The Morgan fingerprint density at radius 2 is 1.74 bits per heavy atom. The summed E-state index contributed by atoms with van der Waals surface area (Å²) in [6.07, 6.45) is 9.77. The van der Waals surface area contributed by atoms with E-state index >= 15 is 0 Å². The Labute approximate surface area is 125 Å². The molecule has 0 radical (unpaired) electrons. The Balaban J connectivity index is 2.08. The smallest absolute Gasteiger partial charge is 0.121 e. The third-order valence-corrected chi connectivity index (χ3v) is 5.58. The molecule has 1 unspecified atom stereocenters. The van der Waals surface area contributed by atoms with Crippen molar-refractivity contribution in [3.8, 4) is 5.75 Å². The molecular formula is C17H25BrO. The quantitative estimate of drug-likeness (QED) is 0.638. The van der Waals surface area contributed by atoms with Gasteiger partial charge in [0.05, 0.1) is 7.11 Å². The number of aryl methyl sites for hydroxylation is 1. The van der Waals surface area contributed by atoms with E-state index in [4.69, 9.17) is 4.74 Å². The molecule has 0 aromatic heterocycles. The van der Waals surface area contributed by atoms with Gasteiger partial charge in [-0.25, -0.2) is 0 Å². The fraction of sp³-hybridized carbons (Fsp3) is 0.647. The van der Waals surface area contributed by atoms with Crippen LogP contribution in [0.25, 0.3) is 0 Å². The van der Waals surface area contributed by atoms with Gasteiger partial charge in [-0.1, -0.05) is 60.2 Å². The molecule has 0 amide bonds. The van der Waals surface area contributed by atoms with E-state index in [1.807, 2.05) is 0 Å². The highest BCUT2D eigenvalue weighted by Crippen LogP contribution is 2.39. The van der Waals surface area contributed by atoms with E-state index in [1.165, 1.54) is 56.1 Å². The highest BCUT2D eigenvalue weighted by molar-refractivity contribution is 9.09. The molecule has 1 saturated carbocycles. The molecule has 0 bridgehead atoms. The second-order valence-corrected chi connectivity index (χ2v) is 6.72. The van der Waals surface area contributed by atoms with Gasteiger partial charge < -0.3 is 4.74 Å². The highest BCUT2D eigenvalue weighted by Gasteiger charge is 2.21. The summed E-state index contributed by atoms with van der Waals surface area (Å²) in [6.45, 7) is 2.13. The molecule has 1 fully saturated rings. The van der Waals surface area contributed by atoms with Crippen LogP contribution in [0.2, 0.25) is 0 Å². The van der Waals surface area contributed by atoms with Crippen LogP contribution < -0.4 is 4.74 Å². The van der Waals surface area contributed by atoms with Gasteiger partial charge in [0.2, 0.25) is 0 Å². The Morgan fingerprint density at radius 1 is 1.11 bits per heavy atom. The maximum absolute atomic E-state index is 5.35. The van der Waals surface area contributed by atoms with Crippen molar-refractivity contribution in [2.24, 2.45) is 5.92 Å². The van der Waals surface area contributed by atoms with Crippen molar-refractivity contribution in [3.63, 3.8) is 0 Å². The van der Waals surface area contributed by atoms with Crippen molar-refractivity contribution in [2.75, 3.05) is 7.11 Å². The summed E-state index contributed by atoms with van der Waals surface area (Å²) >= 11 is 3.95. The van der Waals surface area contributed by atoms with E-state index in [0.717, 1.165) is 11.7 Å². The van der Waals surface area contributed by atoms with Crippen LogP contribution in [0.15, 0.2) is 18.2 Å². The topological polar surface area (TPSA) is 9.23 Å². The lowest BCUT2D eigenvalue weighted by molar-refractivity contribution is 0.374. The monoisotopic (exact) mass is 324 g/mol. The van der Waals surface area contributed by atoms with Crippen molar-refractivity contribution in [1.82, 2.24) is 0 Å². The molecule has 1 aromatic rings. The standard InChI is InChI=1S/C17H25BrO/c1-13-12-15(10-11-16(13)19-2)17(18)14-8-6-4-3-5-7-9-14/h10-12,14,17H,3-9H2,1-2H3. The maximum atomic E-state index is 5.35. The average molecular weight is 325 g/mol. The molecule has 0 N–H and O–H groups in total. The van der Waals surface area contributed by atoms with Crippen molar-refractivity contribution in [3.05, 3.63) is 29.3 Å². The van der Waals surface area contributed by atoms with Crippen molar-refractivity contribution >= 4 is 15.9 Å². The lowest BCUT2D eigenvalue weighted by Crippen LogP contribution is -2.10. The van der Waals surface area contributed by atoms with E-state index in [0.29, 0.717) is 4.83 Å². The van der Waals surface area contributed by atoms with Crippen molar-refractivity contribution in [2.45, 2.75) is 56.7 Å². The first kappa shape index (κ1) is 14.9. The molecule has 2 rings (SSSR count). The van der Waals surface area contributed by atoms with Crippen LogP contribution in [0.4, 0.5) is 0 Å². The lowest BCUT2D eigenvalue weighted by Gasteiger charge is -2.25. The molecular weight excluding hydrogens is 300 g/mol. The zero-order valence-corrected chi connectivity index (χ0v) is 13.7. The molecule has 0 heterocycles. The summed E-state index contributed by atoms with van der Waals surface area (Å²) in [7, 11) is 1.74. The van der Waals surface area contributed by atoms with Gasteiger partial charge >= 0.3 is 0 Å². The van der Waals surface area contributed by atoms with E-state index in [2.05, 4.69) is 41.1 Å². The minimum atomic E-state index is 0.496. The summed E-state index contributed by atoms with van der Waals surface area (Å²) in [4.78, 5) is 0.496. The van der Waals surface area contributed by atoms with Crippen LogP contribution >= 0.6 is 15.9 Å². The molecule has 1 aromatic carbocycles. The zero-order valence-electron chi connectivity index (χ0n) is 12.1. The summed E-state index contributed by atoms with van der Waals surface area (Å²) < 4.78 is 5.35. The number of methoxy groups -OCH3 is 1. The number of alkyl halides is 1. The number of rotatable bonds is 3. The molecule has 1 nitrogen and oxygen atoms in total. The predicted molar refractivity (Wildman–Crippen MR) is 85.2 cm³/mol. The van der Waals surface area contributed by atoms with Gasteiger partial charge in [0.15, 0.2) is 0 Å². The molecule has 1 aliphatic carbocycles. The summed E-state index contributed by atoms with van der Waals surface area (Å²) in [5.74, 6) is 1.77. The fourth-order valence-electron chi connectivity index (χ4n) is 3.13. The predicted octanol–water partition coefficient (Wildman–Crippen LogP) is 5.80. The van der Waals surface area contributed by atoms with Crippen LogP contribution in [0.5, 0.6) is 5.75 Å². The number of hydrogen-bond donors (Lipinski definition) is 0. The van der Waals surface area contributed by atoms with Gasteiger partial charge in [0.1, 0.15) is 5.75 Å². The van der Waals surface area contributed by atoms with E-state index in [-0.39, 0.29) is 0 Å². The second-order valence-electron chi connectivity index (χ2n) is 5.74. The Morgan fingerprint density at radius 3 is 2.32 bits per heavy atom. The fourth-order valence-corrected chi connectivity index (χ4v) is 3.94. The SMILES string of the molecule is COc1ccc(C(Br)C2CCCCCCC2)cc1C. The average Bonchev–Trinajstić information content (AvgIpc) is 2.37. The van der Waals surface area contributed by atoms with Crippen LogP contribution in [0.1, 0.15) is 60.9 Å². The Kier molecular flexibility index (Phi) is 5.75. The van der Waals surface area contributed by atoms with Crippen molar-refractivity contribution in [1.29, 1.82) is 0 Å². The third-order valence-electron chi connectivity index (χ3n) is 4.30. The minimum absolute atomic E-state index is 0.496. The van der Waals surface area contributed by atoms with E-state index in [9.17, 15) is 0 Å². The van der Waals surface area contributed by atoms with Gasteiger partial charge in [-0.2, -0.15) is 0 Å². The molecule has 0 saturated heterocycles. The van der Waals surface area contributed by atoms with Crippen LogP contribution in [0.3, 0.4) is 0 Å². The highest BCUT2D eigenvalue weighted by atomic mass is 79.9. The summed E-state index contributed by atoms with van der Waals surface area (Å²) in [5.41, 5.74) is 2.64. The van der Waals surface area contributed by atoms with Gasteiger partial charge in [0.25, 0.3) is 0 Å². The maximum Gasteiger partial charge on any atom is 0.121 e. The zero-order chi connectivity index (χ0) is 13.7.